The molecule has 3 unspecified atom stereocenters. The van der Waals surface area contributed by atoms with Gasteiger partial charge in [0, 0.05) is 22.1 Å². The summed E-state index contributed by atoms with van der Waals surface area (Å²) in [5.41, 5.74) is -1.10. The zero-order chi connectivity index (χ0) is 28.2. The lowest BCUT2D eigenvalue weighted by molar-refractivity contribution is -0.206. The average Bonchev–Trinajstić information content (AvgIpc) is 3.33. The molecule has 0 bridgehead atoms. The molecule has 2 N–H and O–H groups in total. The Balaban J connectivity index is 0.00000205. The smallest absolute Gasteiger partial charge is 0.262 e. The van der Waals surface area contributed by atoms with Gasteiger partial charge >= 0.3 is 0 Å². The van der Waals surface area contributed by atoms with Crippen LogP contribution in [0.2, 0.25) is 0 Å². The number of rotatable bonds is 7. The molecule has 5 rings (SSSR count). The third-order valence-corrected chi connectivity index (χ3v) is 10.2. The molecule has 11 heteroatoms. The molecular weight excluding hydrogens is 536 g/mol. The van der Waals surface area contributed by atoms with Gasteiger partial charge in [0.2, 0.25) is 21.8 Å². The van der Waals surface area contributed by atoms with E-state index in [4.69, 9.17) is 0 Å². The number of benzene rings is 2. The van der Waals surface area contributed by atoms with Crippen molar-refractivity contribution in [3.63, 3.8) is 0 Å². The van der Waals surface area contributed by atoms with E-state index in [1.54, 1.807) is 28.0 Å². The number of sulfonamides is 1. The summed E-state index contributed by atoms with van der Waals surface area (Å²) in [6.45, 7) is 7.94. The van der Waals surface area contributed by atoms with Crippen molar-refractivity contribution >= 4 is 49.2 Å². The second-order valence-electron chi connectivity index (χ2n) is 11.4. The van der Waals surface area contributed by atoms with Crippen LogP contribution in [0.5, 0.6) is 0 Å². The lowest BCUT2D eigenvalue weighted by atomic mass is 9.70. The number of nitrogens with one attached hydrogen (secondary N) is 2. The van der Waals surface area contributed by atoms with E-state index < -0.39 is 27.0 Å². The van der Waals surface area contributed by atoms with Gasteiger partial charge in [-0.3, -0.25) is 14.4 Å². The van der Waals surface area contributed by atoms with Crippen molar-refractivity contribution in [2.45, 2.75) is 50.2 Å². The standard InChI is InChI=1S/C28H32N4O5S2.3H2/c1-27(2,3)24(30-25(34)21-14-18-10-8-9-13-20(18)38-21)26(35)32-16-22-28(32,4)17-31(22)23(33)15-29-39(36,37)19-11-6-5-7-12-19;;;/h5-14,22,24,29H,15-17H2,1-4H3,(H,30,34);3*1H. The quantitative estimate of drug-likeness (QED) is 0.448. The Morgan fingerprint density at radius 1 is 1.10 bits per heavy atom. The van der Waals surface area contributed by atoms with Gasteiger partial charge in [0.15, 0.2) is 0 Å². The number of hydrogen-bond acceptors (Lipinski definition) is 6. The fourth-order valence-corrected chi connectivity index (χ4v) is 7.22. The summed E-state index contributed by atoms with van der Waals surface area (Å²) in [5.74, 6) is -0.815. The first-order valence-electron chi connectivity index (χ1n) is 12.8. The van der Waals surface area contributed by atoms with Crippen molar-refractivity contribution in [3.05, 3.63) is 65.5 Å². The summed E-state index contributed by atoms with van der Waals surface area (Å²) in [6.07, 6.45) is 0. The fraction of sp³-hybridized carbons (Fsp3) is 0.393. The molecule has 0 saturated carbocycles. The Kier molecular flexibility index (Phi) is 6.80. The van der Waals surface area contributed by atoms with E-state index in [1.807, 2.05) is 58.0 Å². The molecule has 2 aliphatic rings. The van der Waals surface area contributed by atoms with Crippen molar-refractivity contribution in [3.8, 4) is 0 Å². The molecule has 2 fully saturated rings. The molecule has 2 aromatic carbocycles. The highest BCUT2D eigenvalue weighted by atomic mass is 32.2. The first-order valence-corrected chi connectivity index (χ1v) is 15.1. The Hall–Kier alpha value is -3.28. The van der Waals surface area contributed by atoms with Gasteiger partial charge in [-0.05, 0) is 42.0 Å². The van der Waals surface area contributed by atoms with Crippen LogP contribution in [0.1, 0.15) is 41.6 Å². The van der Waals surface area contributed by atoms with Crippen LogP contribution in [-0.4, -0.2) is 73.2 Å². The molecule has 3 heterocycles. The second kappa shape index (κ2) is 9.72. The maximum absolute atomic E-state index is 13.7. The van der Waals surface area contributed by atoms with Crippen LogP contribution < -0.4 is 10.0 Å². The molecule has 1 aromatic heterocycles. The monoisotopic (exact) mass is 574 g/mol. The van der Waals surface area contributed by atoms with Gasteiger partial charge in [-0.1, -0.05) is 57.2 Å². The molecule has 3 amide bonds. The van der Waals surface area contributed by atoms with Crippen LogP contribution in [-0.2, 0) is 19.6 Å². The zero-order valence-corrected chi connectivity index (χ0v) is 23.9. The highest BCUT2D eigenvalue weighted by molar-refractivity contribution is 7.89. The minimum absolute atomic E-state index is 0. The molecule has 212 valence electrons. The molecule has 0 spiro atoms. The Morgan fingerprint density at radius 2 is 1.77 bits per heavy atom. The molecule has 2 aliphatic heterocycles. The molecule has 3 aromatic rings. The van der Waals surface area contributed by atoms with Crippen molar-refractivity contribution < 1.29 is 27.1 Å². The summed E-state index contributed by atoms with van der Waals surface area (Å²) in [7, 11) is -3.80. The summed E-state index contributed by atoms with van der Waals surface area (Å²) in [5, 5.41) is 3.95. The lowest BCUT2D eigenvalue weighted by Gasteiger charge is -2.69. The van der Waals surface area contributed by atoms with Crippen LogP contribution in [0, 0.1) is 5.41 Å². The van der Waals surface area contributed by atoms with Gasteiger partial charge in [0.25, 0.3) is 5.91 Å². The second-order valence-corrected chi connectivity index (χ2v) is 14.3. The van der Waals surface area contributed by atoms with Crippen molar-refractivity contribution in [2.75, 3.05) is 19.6 Å². The van der Waals surface area contributed by atoms with Gasteiger partial charge in [0.1, 0.15) is 6.04 Å². The van der Waals surface area contributed by atoms with Crippen LogP contribution in [0.4, 0.5) is 0 Å². The van der Waals surface area contributed by atoms with Crippen LogP contribution in [0.15, 0.2) is 65.6 Å². The fourth-order valence-electron chi connectivity index (χ4n) is 5.26. The van der Waals surface area contributed by atoms with E-state index in [0.717, 1.165) is 10.1 Å². The van der Waals surface area contributed by atoms with Crippen LogP contribution in [0.25, 0.3) is 10.1 Å². The van der Waals surface area contributed by atoms with Crippen LogP contribution >= 0.6 is 11.3 Å². The Labute approximate surface area is 236 Å². The van der Waals surface area contributed by atoms with Gasteiger partial charge in [-0.25, -0.2) is 13.1 Å². The predicted molar refractivity (Wildman–Crippen MR) is 156 cm³/mol. The van der Waals surface area contributed by atoms with Gasteiger partial charge in [-0.2, -0.15) is 0 Å². The van der Waals surface area contributed by atoms with Crippen molar-refractivity contribution in [1.82, 2.24) is 19.8 Å². The first kappa shape index (κ1) is 27.3. The van der Waals surface area contributed by atoms with E-state index in [1.165, 1.54) is 23.5 Å². The largest absolute Gasteiger partial charge is 0.339 e. The first-order chi connectivity index (χ1) is 18.3. The van der Waals surface area contributed by atoms with E-state index in [2.05, 4.69) is 10.0 Å². The molecule has 3 atom stereocenters. The van der Waals surface area contributed by atoms with Crippen molar-refractivity contribution in [1.29, 1.82) is 0 Å². The Bertz CT molecular complexity index is 1530. The van der Waals surface area contributed by atoms with Gasteiger partial charge in [0.05, 0.1) is 27.9 Å². The average molecular weight is 575 g/mol. The third-order valence-electron chi connectivity index (χ3n) is 7.65. The molecule has 0 radical (unpaired) electrons. The summed E-state index contributed by atoms with van der Waals surface area (Å²) >= 11 is 1.39. The minimum atomic E-state index is -3.80. The highest BCUT2D eigenvalue weighted by Gasteiger charge is 2.65. The van der Waals surface area contributed by atoms with Crippen molar-refractivity contribution in [2.24, 2.45) is 5.41 Å². The van der Waals surface area contributed by atoms with Crippen LogP contribution in [0.3, 0.4) is 0 Å². The number of amides is 3. The molecule has 0 aliphatic carbocycles. The number of fused-ring (bicyclic) bond motifs is 2. The summed E-state index contributed by atoms with van der Waals surface area (Å²) < 4.78 is 28.3. The predicted octanol–water partition coefficient (Wildman–Crippen LogP) is 3.57. The molecular formula is C28H38N4O5S2. The minimum Gasteiger partial charge on any atom is -0.339 e. The zero-order valence-electron chi connectivity index (χ0n) is 22.3. The number of nitrogens with zero attached hydrogens (tertiary/aromatic N) is 2. The third kappa shape index (κ3) is 4.94. The molecule has 9 nitrogen and oxygen atoms in total. The highest BCUT2D eigenvalue weighted by Crippen LogP contribution is 2.45. The van der Waals surface area contributed by atoms with E-state index in [0.29, 0.717) is 18.0 Å². The summed E-state index contributed by atoms with van der Waals surface area (Å²) in [4.78, 5) is 43.7. The normalized spacial score (nSPS) is 21.5. The molecule has 2 saturated heterocycles. The van der Waals surface area contributed by atoms with Gasteiger partial charge < -0.3 is 15.1 Å². The number of likely N-dealkylation sites (tertiary alicyclic amines) is 2. The number of piperazine rings is 1. The lowest BCUT2D eigenvalue weighted by Crippen LogP contribution is -2.89. The summed E-state index contributed by atoms with van der Waals surface area (Å²) in [6, 6.07) is 16.5. The number of hydrogen-bond donors (Lipinski definition) is 2. The maximum atomic E-state index is 13.7. The number of thiophene rings is 1. The van der Waals surface area contributed by atoms with Gasteiger partial charge in [-0.15, -0.1) is 11.3 Å². The number of carbonyl (C=O) groups is 3. The maximum Gasteiger partial charge on any atom is 0.262 e. The molecule has 39 heavy (non-hydrogen) atoms. The van der Waals surface area contributed by atoms with E-state index >= 15 is 0 Å². The SMILES string of the molecule is CC(C)(C)C(NC(=O)c1cc2ccccc2s1)C(=O)N1CC2N(C(=O)CNS(=O)(=O)c3ccccc3)CC21C.[HH].[HH].[HH]. The Morgan fingerprint density at radius 3 is 2.38 bits per heavy atom. The number of carbonyl (C=O) groups excluding carboxylic acids is 3. The topological polar surface area (TPSA) is 116 Å². The van der Waals surface area contributed by atoms with E-state index in [9.17, 15) is 22.8 Å². The van der Waals surface area contributed by atoms with E-state index in [-0.39, 0.29) is 39.5 Å².